The van der Waals surface area contributed by atoms with Crippen molar-refractivity contribution < 1.29 is 14.3 Å². The number of benzene rings is 1. The first-order chi connectivity index (χ1) is 12.0. The van der Waals surface area contributed by atoms with Crippen molar-refractivity contribution in [1.29, 1.82) is 0 Å². The summed E-state index contributed by atoms with van der Waals surface area (Å²) >= 11 is 0. The van der Waals surface area contributed by atoms with Gasteiger partial charge in [-0.3, -0.25) is 9.69 Å². The van der Waals surface area contributed by atoms with Crippen LogP contribution in [0.3, 0.4) is 0 Å². The van der Waals surface area contributed by atoms with Crippen LogP contribution < -0.4 is 10.6 Å². The van der Waals surface area contributed by atoms with Gasteiger partial charge in [-0.2, -0.15) is 0 Å². The lowest BCUT2D eigenvalue weighted by atomic mass is 10.1. The molecule has 0 unspecified atom stereocenters. The first-order valence-corrected chi connectivity index (χ1v) is 8.61. The number of carbonyl (C=O) groups excluding carboxylic acids is 2. The minimum Gasteiger partial charge on any atom is -0.383 e. The monoisotopic (exact) mass is 348 g/mol. The van der Waals surface area contributed by atoms with Gasteiger partial charge in [0.05, 0.1) is 13.2 Å². The van der Waals surface area contributed by atoms with Crippen molar-refractivity contribution in [2.75, 3.05) is 58.3 Å². The summed E-state index contributed by atoms with van der Waals surface area (Å²) in [5.41, 5.74) is 3.09. The van der Waals surface area contributed by atoms with Gasteiger partial charge in [0.25, 0.3) is 0 Å². The Hall–Kier alpha value is -2.12. The van der Waals surface area contributed by atoms with Crippen LogP contribution in [-0.2, 0) is 9.53 Å². The molecule has 1 heterocycles. The van der Waals surface area contributed by atoms with Gasteiger partial charge in [0, 0.05) is 45.5 Å². The molecule has 0 aromatic heterocycles. The maximum Gasteiger partial charge on any atom is 0.321 e. The highest BCUT2D eigenvalue weighted by molar-refractivity contribution is 5.90. The zero-order valence-corrected chi connectivity index (χ0v) is 15.3. The Kier molecular flexibility index (Phi) is 7.21. The predicted molar refractivity (Wildman–Crippen MR) is 97.8 cm³/mol. The van der Waals surface area contributed by atoms with E-state index in [9.17, 15) is 9.59 Å². The lowest BCUT2D eigenvalue weighted by Crippen LogP contribution is -2.52. The lowest BCUT2D eigenvalue weighted by molar-refractivity contribution is -0.122. The number of carbonyl (C=O) groups is 2. The van der Waals surface area contributed by atoms with Gasteiger partial charge in [0.2, 0.25) is 5.91 Å². The van der Waals surface area contributed by atoms with Crippen LogP contribution in [-0.4, -0.2) is 74.7 Å². The number of amides is 3. The molecule has 1 aliphatic heterocycles. The molecule has 138 valence electrons. The Bertz CT molecular complexity index is 598. The van der Waals surface area contributed by atoms with E-state index in [1.165, 1.54) is 0 Å². The molecule has 0 aliphatic carbocycles. The topological polar surface area (TPSA) is 73.9 Å². The Balaban J connectivity index is 1.76. The Morgan fingerprint density at radius 3 is 2.56 bits per heavy atom. The van der Waals surface area contributed by atoms with Gasteiger partial charge < -0.3 is 20.3 Å². The number of urea groups is 1. The van der Waals surface area contributed by atoms with Crippen LogP contribution in [0.2, 0.25) is 0 Å². The van der Waals surface area contributed by atoms with Crippen molar-refractivity contribution in [1.82, 2.24) is 15.1 Å². The fraction of sp³-hybridized carbons (Fsp3) is 0.556. The molecular weight excluding hydrogens is 320 g/mol. The fourth-order valence-corrected chi connectivity index (χ4v) is 2.74. The second kappa shape index (κ2) is 9.39. The van der Waals surface area contributed by atoms with E-state index in [1.807, 2.05) is 32.0 Å². The molecule has 25 heavy (non-hydrogen) atoms. The zero-order chi connectivity index (χ0) is 18.2. The van der Waals surface area contributed by atoms with E-state index >= 15 is 0 Å². The standard InChI is InChI=1S/C18H28N4O3/c1-14-5-4-6-16(15(14)2)20-18(24)22-10-8-21(9-11-22)13-17(23)19-7-12-25-3/h4-6H,7-13H2,1-3H3,(H,19,23)(H,20,24). The van der Waals surface area contributed by atoms with E-state index in [0.29, 0.717) is 45.9 Å². The molecule has 0 spiro atoms. The number of anilines is 1. The minimum atomic E-state index is -0.0853. The molecule has 0 bridgehead atoms. The van der Waals surface area contributed by atoms with Crippen LogP contribution in [0, 0.1) is 13.8 Å². The molecule has 2 rings (SSSR count). The lowest BCUT2D eigenvalue weighted by Gasteiger charge is -2.34. The van der Waals surface area contributed by atoms with E-state index in [1.54, 1.807) is 12.0 Å². The second-order valence-electron chi connectivity index (χ2n) is 6.28. The molecule has 1 fully saturated rings. The molecule has 0 saturated carbocycles. The largest absolute Gasteiger partial charge is 0.383 e. The van der Waals surface area contributed by atoms with Crippen molar-refractivity contribution in [2.24, 2.45) is 0 Å². The summed E-state index contributed by atoms with van der Waals surface area (Å²) in [7, 11) is 1.61. The molecule has 1 aliphatic rings. The summed E-state index contributed by atoms with van der Waals surface area (Å²) in [6.45, 7) is 8.04. The number of aryl methyl sites for hydroxylation is 1. The number of ether oxygens (including phenoxy) is 1. The fourth-order valence-electron chi connectivity index (χ4n) is 2.74. The summed E-state index contributed by atoms with van der Waals surface area (Å²) in [6, 6.07) is 5.80. The summed E-state index contributed by atoms with van der Waals surface area (Å²) < 4.78 is 4.91. The normalized spacial score (nSPS) is 15.1. The molecule has 1 saturated heterocycles. The summed E-state index contributed by atoms with van der Waals surface area (Å²) in [5.74, 6) is -0.00895. The number of rotatable bonds is 6. The molecule has 1 aromatic rings. The van der Waals surface area contributed by atoms with Crippen molar-refractivity contribution >= 4 is 17.6 Å². The van der Waals surface area contributed by atoms with Gasteiger partial charge in [0.1, 0.15) is 0 Å². The first kappa shape index (κ1) is 19.2. The van der Waals surface area contributed by atoms with Gasteiger partial charge in [0.15, 0.2) is 0 Å². The van der Waals surface area contributed by atoms with Gasteiger partial charge in [-0.25, -0.2) is 4.79 Å². The third-order valence-electron chi connectivity index (χ3n) is 4.50. The van der Waals surface area contributed by atoms with Gasteiger partial charge in [-0.05, 0) is 31.0 Å². The van der Waals surface area contributed by atoms with Crippen LogP contribution in [0.5, 0.6) is 0 Å². The zero-order valence-electron chi connectivity index (χ0n) is 15.3. The SMILES string of the molecule is COCCNC(=O)CN1CCN(C(=O)Nc2cccc(C)c2C)CC1. The molecule has 0 atom stereocenters. The van der Waals surface area contributed by atoms with E-state index in [2.05, 4.69) is 15.5 Å². The van der Waals surface area contributed by atoms with Gasteiger partial charge in [-0.1, -0.05) is 12.1 Å². The molecular formula is C18H28N4O3. The highest BCUT2D eigenvalue weighted by Crippen LogP contribution is 2.18. The molecule has 7 nitrogen and oxygen atoms in total. The maximum atomic E-state index is 12.4. The number of nitrogens with one attached hydrogen (secondary N) is 2. The molecule has 7 heteroatoms. The van der Waals surface area contributed by atoms with Crippen molar-refractivity contribution in [2.45, 2.75) is 13.8 Å². The number of piperazine rings is 1. The number of methoxy groups -OCH3 is 1. The molecule has 3 amide bonds. The Labute approximate surface area is 149 Å². The summed E-state index contributed by atoms with van der Waals surface area (Å²) in [6.07, 6.45) is 0. The molecule has 1 aromatic carbocycles. The van der Waals surface area contributed by atoms with Crippen LogP contribution >= 0.6 is 0 Å². The van der Waals surface area contributed by atoms with Gasteiger partial charge >= 0.3 is 6.03 Å². The van der Waals surface area contributed by atoms with E-state index in [-0.39, 0.29) is 11.9 Å². The molecule has 2 N–H and O–H groups in total. The third kappa shape index (κ3) is 5.72. The summed E-state index contributed by atoms with van der Waals surface area (Å²) in [5, 5.41) is 5.80. The van der Waals surface area contributed by atoms with E-state index in [0.717, 1.165) is 16.8 Å². The van der Waals surface area contributed by atoms with Gasteiger partial charge in [-0.15, -0.1) is 0 Å². The number of nitrogens with zero attached hydrogens (tertiary/aromatic N) is 2. The highest BCUT2D eigenvalue weighted by atomic mass is 16.5. The number of hydrogen-bond donors (Lipinski definition) is 2. The summed E-state index contributed by atoms with van der Waals surface area (Å²) in [4.78, 5) is 28.1. The van der Waals surface area contributed by atoms with E-state index in [4.69, 9.17) is 4.74 Å². The first-order valence-electron chi connectivity index (χ1n) is 8.61. The van der Waals surface area contributed by atoms with Crippen molar-refractivity contribution in [3.8, 4) is 0 Å². The quantitative estimate of drug-likeness (QED) is 0.758. The maximum absolute atomic E-state index is 12.4. The third-order valence-corrected chi connectivity index (χ3v) is 4.50. The van der Waals surface area contributed by atoms with Crippen LogP contribution in [0.4, 0.5) is 10.5 Å². The second-order valence-corrected chi connectivity index (χ2v) is 6.28. The average molecular weight is 348 g/mol. The Morgan fingerprint density at radius 2 is 1.88 bits per heavy atom. The smallest absolute Gasteiger partial charge is 0.321 e. The van der Waals surface area contributed by atoms with E-state index < -0.39 is 0 Å². The molecule has 0 radical (unpaired) electrons. The van der Waals surface area contributed by atoms with Crippen molar-refractivity contribution in [3.63, 3.8) is 0 Å². The van der Waals surface area contributed by atoms with Crippen molar-refractivity contribution in [3.05, 3.63) is 29.3 Å². The van der Waals surface area contributed by atoms with Crippen LogP contribution in [0.1, 0.15) is 11.1 Å². The average Bonchev–Trinajstić information content (AvgIpc) is 2.60. The van der Waals surface area contributed by atoms with Crippen LogP contribution in [0.15, 0.2) is 18.2 Å². The number of hydrogen-bond acceptors (Lipinski definition) is 4. The minimum absolute atomic E-state index is 0.00895. The van der Waals surface area contributed by atoms with Crippen LogP contribution in [0.25, 0.3) is 0 Å². The predicted octanol–water partition coefficient (Wildman–Crippen LogP) is 1.22. The highest BCUT2D eigenvalue weighted by Gasteiger charge is 2.22. The Morgan fingerprint density at radius 1 is 1.16 bits per heavy atom.